The fourth-order valence-electron chi connectivity index (χ4n) is 2.34. The molecule has 1 nitrogen and oxygen atoms in total. The Balaban J connectivity index is 1.56. The fourth-order valence-corrected chi connectivity index (χ4v) is 3.59. The Kier molecular flexibility index (Phi) is 2.72. The molecule has 3 rings (SSSR count). The van der Waals surface area contributed by atoms with Gasteiger partial charge in [0.05, 0.1) is 0 Å². The zero-order valence-corrected chi connectivity index (χ0v) is 10.6. The molecule has 0 spiro atoms. The predicted molar refractivity (Wildman–Crippen MR) is 70.1 cm³/mol. The SMILES string of the molecule is CC1(CNCC2CSc3ccccc32)CC1. The molecular formula is C14H19NS. The molecule has 0 radical (unpaired) electrons. The summed E-state index contributed by atoms with van der Waals surface area (Å²) in [5, 5.41) is 3.66. The summed E-state index contributed by atoms with van der Waals surface area (Å²) in [6.07, 6.45) is 2.83. The third-order valence-corrected chi connectivity index (χ3v) is 5.10. The summed E-state index contributed by atoms with van der Waals surface area (Å²) >= 11 is 2.01. The molecule has 86 valence electrons. The van der Waals surface area contributed by atoms with Crippen molar-refractivity contribution in [1.29, 1.82) is 0 Å². The quantitative estimate of drug-likeness (QED) is 0.856. The molecule has 1 aromatic rings. The van der Waals surface area contributed by atoms with Crippen LogP contribution in [0.5, 0.6) is 0 Å². The highest BCUT2D eigenvalue weighted by Crippen LogP contribution is 2.44. The second kappa shape index (κ2) is 4.08. The van der Waals surface area contributed by atoms with E-state index in [1.165, 1.54) is 30.0 Å². The van der Waals surface area contributed by atoms with Gasteiger partial charge in [0.25, 0.3) is 0 Å². The largest absolute Gasteiger partial charge is 0.316 e. The van der Waals surface area contributed by atoms with Gasteiger partial charge in [-0.3, -0.25) is 0 Å². The third-order valence-electron chi connectivity index (χ3n) is 3.84. The molecule has 16 heavy (non-hydrogen) atoms. The number of hydrogen-bond acceptors (Lipinski definition) is 2. The minimum Gasteiger partial charge on any atom is -0.316 e. The van der Waals surface area contributed by atoms with E-state index in [4.69, 9.17) is 0 Å². The van der Waals surface area contributed by atoms with E-state index in [1.54, 1.807) is 5.56 Å². The molecule has 0 bridgehead atoms. The van der Waals surface area contributed by atoms with Gasteiger partial charge in [0.15, 0.2) is 0 Å². The fraction of sp³-hybridized carbons (Fsp3) is 0.571. The molecule has 2 heteroatoms. The second-order valence-corrected chi connectivity index (χ2v) is 6.55. The molecule has 0 saturated heterocycles. The monoisotopic (exact) mass is 233 g/mol. The lowest BCUT2D eigenvalue weighted by molar-refractivity contribution is 0.487. The number of fused-ring (bicyclic) bond motifs is 1. The van der Waals surface area contributed by atoms with E-state index in [1.807, 2.05) is 11.8 Å². The van der Waals surface area contributed by atoms with Gasteiger partial charge in [-0.25, -0.2) is 0 Å². The van der Waals surface area contributed by atoms with Gasteiger partial charge >= 0.3 is 0 Å². The van der Waals surface area contributed by atoms with Crippen molar-refractivity contribution in [3.8, 4) is 0 Å². The van der Waals surface area contributed by atoms with Crippen LogP contribution in [-0.4, -0.2) is 18.8 Å². The highest BCUT2D eigenvalue weighted by molar-refractivity contribution is 7.99. The molecule has 1 fully saturated rings. The lowest BCUT2D eigenvalue weighted by Crippen LogP contribution is -2.27. The standard InChI is InChI=1S/C14H19NS/c1-14(6-7-14)10-15-8-11-9-16-13-5-3-2-4-12(11)13/h2-5,11,15H,6-10H2,1H3. The van der Waals surface area contributed by atoms with Gasteiger partial charge in [-0.1, -0.05) is 25.1 Å². The Morgan fingerprint density at radius 1 is 1.38 bits per heavy atom. The summed E-state index contributed by atoms with van der Waals surface area (Å²) in [5.74, 6) is 1.98. The molecule has 1 heterocycles. The molecule has 0 aromatic heterocycles. The van der Waals surface area contributed by atoms with E-state index < -0.39 is 0 Å². The van der Waals surface area contributed by atoms with Crippen LogP contribution in [0, 0.1) is 5.41 Å². The van der Waals surface area contributed by atoms with E-state index in [-0.39, 0.29) is 0 Å². The minimum atomic E-state index is 0.630. The van der Waals surface area contributed by atoms with Crippen LogP contribution in [0.25, 0.3) is 0 Å². The van der Waals surface area contributed by atoms with Crippen LogP contribution >= 0.6 is 11.8 Å². The lowest BCUT2D eigenvalue weighted by atomic mass is 10.0. The third kappa shape index (κ3) is 2.14. The van der Waals surface area contributed by atoms with Crippen molar-refractivity contribution in [1.82, 2.24) is 5.32 Å². The Hall–Kier alpha value is -0.470. The van der Waals surface area contributed by atoms with E-state index in [0.29, 0.717) is 5.41 Å². The van der Waals surface area contributed by atoms with E-state index >= 15 is 0 Å². The van der Waals surface area contributed by atoms with Gasteiger partial charge in [0.1, 0.15) is 0 Å². The predicted octanol–water partition coefficient (Wildman–Crippen LogP) is 3.27. The maximum absolute atomic E-state index is 3.66. The maximum atomic E-state index is 3.66. The van der Waals surface area contributed by atoms with Crippen LogP contribution in [-0.2, 0) is 0 Å². The first-order valence-electron chi connectivity index (χ1n) is 6.19. The van der Waals surface area contributed by atoms with Crippen LogP contribution in [0.3, 0.4) is 0 Å². The number of nitrogens with one attached hydrogen (secondary N) is 1. The summed E-state index contributed by atoms with van der Waals surface area (Å²) in [6, 6.07) is 8.86. The number of rotatable bonds is 4. The van der Waals surface area contributed by atoms with Crippen molar-refractivity contribution < 1.29 is 0 Å². The summed E-state index contributed by atoms with van der Waals surface area (Å²) in [6.45, 7) is 4.74. The number of benzene rings is 1. The highest BCUT2D eigenvalue weighted by Gasteiger charge is 2.36. The average molecular weight is 233 g/mol. The normalized spacial score (nSPS) is 25.4. The van der Waals surface area contributed by atoms with E-state index in [2.05, 4.69) is 36.5 Å². The molecule has 1 atom stereocenters. The maximum Gasteiger partial charge on any atom is 0.0108 e. The first-order chi connectivity index (χ1) is 7.77. The molecular weight excluding hydrogens is 214 g/mol. The summed E-state index contributed by atoms with van der Waals surface area (Å²) in [7, 11) is 0. The van der Waals surface area contributed by atoms with Crippen LogP contribution < -0.4 is 5.32 Å². The van der Waals surface area contributed by atoms with Gasteiger partial charge in [-0.05, 0) is 29.9 Å². The van der Waals surface area contributed by atoms with E-state index in [9.17, 15) is 0 Å². The van der Waals surface area contributed by atoms with Crippen molar-refractivity contribution in [3.05, 3.63) is 29.8 Å². The van der Waals surface area contributed by atoms with Crippen molar-refractivity contribution in [3.63, 3.8) is 0 Å². The first kappa shape index (κ1) is 10.7. The first-order valence-corrected chi connectivity index (χ1v) is 7.18. The molecule has 1 saturated carbocycles. The minimum absolute atomic E-state index is 0.630. The number of hydrogen-bond donors (Lipinski definition) is 1. The molecule has 1 aliphatic heterocycles. The molecule has 1 N–H and O–H groups in total. The second-order valence-electron chi connectivity index (χ2n) is 5.49. The smallest absolute Gasteiger partial charge is 0.0108 e. The van der Waals surface area contributed by atoms with Crippen molar-refractivity contribution in [2.45, 2.75) is 30.6 Å². The Morgan fingerprint density at radius 2 is 2.19 bits per heavy atom. The van der Waals surface area contributed by atoms with Crippen LogP contribution in [0.1, 0.15) is 31.2 Å². The Morgan fingerprint density at radius 3 is 3.00 bits per heavy atom. The van der Waals surface area contributed by atoms with Crippen LogP contribution in [0.2, 0.25) is 0 Å². The van der Waals surface area contributed by atoms with Gasteiger partial charge in [-0.2, -0.15) is 0 Å². The zero-order valence-electron chi connectivity index (χ0n) is 9.83. The summed E-state index contributed by atoms with van der Waals surface area (Å²) < 4.78 is 0. The Bertz CT molecular complexity index is 384. The van der Waals surface area contributed by atoms with Gasteiger partial charge in [0, 0.05) is 29.7 Å². The van der Waals surface area contributed by atoms with Crippen LogP contribution in [0.15, 0.2) is 29.2 Å². The average Bonchev–Trinajstić information content (AvgIpc) is 2.89. The molecule has 1 unspecified atom stereocenters. The molecule has 1 aliphatic carbocycles. The Labute approximate surface area is 102 Å². The zero-order chi connectivity index (χ0) is 11.0. The molecule has 0 amide bonds. The lowest BCUT2D eigenvalue weighted by Gasteiger charge is -2.14. The summed E-state index contributed by atoms with van der Waals surface area (Å²) in [4.78, 5) is 1.49. The highest BCUT2D eigenvalue weighted by atomic mass is 32.2. The van der Waals surface area contributed by atoms with Gasteiger partial charge < -0.3 is 5.32 Å². The summed E-state index contributed by atoms with van der Waals surface area (Å²) in [5.41, 5.74) is 2.19. The topological polar surface area (TPSA) is 12.0 Å². The molecule has 1 aromatic carbocycles. The molecule has 2 aliphatic rings. The number of thioether (sulfide) groups is 1. The van der Waals surface area contributed by atoms with Gasteiger partial charge in [0.2, 0.25) is 0 Å². The van der Waals surface area contributed by atoms with Crippen molar-refractivity contribution in [2.75, 3.05) is 18.8 Å². The van der Waals surface area contributed by atoms with Gasteiger partial charge in [-0.15, -0.1) is 11.8 Å². The van der Waals surface area contributed by atoms with Crippen molar-refractivity contribution >= 4 is 11.8 Å². The van der Waals surface area contributed by atoms with E-state index in [0.717, 1.165) is 12.5 Å². The van der Waals surface area contributed by atoms with Crippen molar-refractivity contribution in [2.24, 2.45) is 5.41 Å². The van der Waals surface area contributed by atoms with Crippen LogP contribution in [0.4, 0.5) is 0 Å².